The number of amides is 1. The molecule has 2 unspecified atom stereocenters. The maximum Gasteiger partial charge on any atom is 0.308 e. The smallest absolute Gasteiger partial charge is 0.308 e. The molecule has 0 aromatic heterocycles. The van der Waals surface area contributed by atoms with Gasteiger partial charge in [0.05, 0.1) is 12.0 Å². The molecule has 1 rings (SSSR count). The van der Waals surface area contributed by atoms with Gasteiger partial charge in [0, 0.05) is 6.04 Å². The Bertz CT molecular complexity index is 318. The van der Waals surface area contributed by atoms with Gasteiger partial charge in [-0.2, -0.15) is 0 Å². The van der Waals surface area contributed by atoms with Crippen LogP contribution in [0.25, 0.3) is 0 Å². The molecule has 0 heterocycles. The normalized spacial score (nSPS) is 25.7. The van der Waals surface area contributed by atoms with E-state index in [-0.39, 0.29) is 11.9 Å². The Kier molecular flexibility index (Phi) is 6.28. The standard InChI is InChI=1S/C14H26N2O3/c1-9(2)8-11(15)13(17)16-12-7-5-3-4-6-10(12)14(18)19/h9-12H,3-8,15H2,1-2H3,(H,16,17)(H,18,19)/t10?,11-,12?/m0/s1. The van der Waals surface area contributed by atoms with Gasteiger partial charge in [-0.25, -0.2) is 0 Å². The maximum atomic E-state index is 12.0. The zero-order valence-corrected chi connectivity index (χ0v) is 11.9. The van der Waals surface area contributed by atoms with Crippen molar-refractivity contribution in [1.29, 1.82) is 0 Å². The third-order valence-corrected chi connectivity index (χ3v) is 3.72. The fourth-order valence-electron chi connectivity index (χ4n) is 2.68. The summed E-state index contributed by atoms with van der Waals surface area (Å²) in [5.41, 5.74) is 5.84. The van der Waals surface area contributed by atoms with E-state index in [9.17, 15) is 14.7 Å². The molecule has 0 radical (unpaired) electrons. The molecule has 0 bridgehead atoms. The fraction of sp³-hybridized carbons (Fsp3) is 0.857. The van der Waals surface area contributed by atoms with Gasteiger partial charge in [0.1, 0.15) is 0 Å². The highest BCUT2D eigenvalue weighted by Crippen LogP contribution is 2.24. The van der Waals surface area contributed by atoms with E-state index in [1.54, 1.807) is 0 Å². The largest absolute Gasteiger partial charge is 0.481 e. The van der Waals surface area contributed by atoms with E-state index < -0.39 is 17.9 Å². The van der Waals surface area contributed by atoms with Crippen molar-refractivity contribution in [2.24, 2.45) is 17.6 Å². The Hall–Kier alpha value is -1.10. The predicted octanol–water partition coefficient (Wildman–Crippen LogP) is 1.51. The highest BCUT2D eigenvalue weighted by molar-refractivity contribution is 5.82. The summed E-state index contributed by atoms with van der Waals surface area (Å²) in [6, 6.07) is -0.816. The SMILES string of the molecule is CC(C)C[C@H](N)C(=O)NC1CCCCCC1C(=O)O. The molecule has 19 heavy (non-hydrogen) atoms. The van der Waals surface area contributed by atoms with Crippen molar-refractivity contribution in [3.05, 3.63) is 0 Å². The minimum Gasteiger partial charge on any atom is -0.481 e. The van der Waals surface area contributed by atoms with E-state index in [4.69, 9.17) is 5.73 Å². The Morgan fingerprint density at radius 1 is 1.26 bits per heavy atom. The number of carboxylic acids is 1. The number of hydrogen-bond donors (Lipinski definition) is 3. The molecule has 1 amide bonds. The topological polar surface area (TPSA) is 92.4 Å². The van der Waals surface area contributed by atoms with Crippen LogP contribution in [-0.4, -0.2) is 29.1 Å². The highest BCUT2D eigenvalue weighted by atomic mass is 16.4. The fourth-order valence-corrected chi connectivity index (χ4v) is 2.68. The van der Waals surface area contributed by atoms with Crippen molar-refractivity contribution in [3.8, 4) is 0 Å². The van der Waals surface area contributed by atoms with E-state index in [0.717, 1.165) is 25.7 Å². The van der Waals surface area contributed by atoms with Gasteiger partial charge < -0.3 is 16.2 Å². The summed E-state index contributed by atoms with van der Waals surface area (Å²) in [4.78, 5) is 23.3. The predicted molar refractivity (Wildman–Crippen MR) is 73.6 cm³/mol. The quantitative estimate of drug-likeness (QED) is 0.660. The van der Waals surface area contributed by atoms with Crippen LogP contribution < -0.4 is 11.1 Å². The van der Waals surface area contributed by atoms with Crippen LogP contribution in [0, 0.1) is 11.8 Å². The van der Waals surface area contributed by atoms with E-state index in [0.29, 0.717) is 18.8 Å². The van der Waals surface area contributed by atoms with Gasteiger partial charge in [-0.1, -0.05) is 33.1 Å². The van der Waals surface area contributed by atoms with Crippen molar-refractivity contribution in [3.63, 3.8) is 0 Å². The van der Waals surface area contributed by atoms with Crippen LogP contribution >= 0.6 is 0 Å². The third-order valence-electron chi connectivity index (χ3n) is 3.72. The number of nitrogens with one attached hydrogen (secondary N) is 1. The van der Waals surface area contributed by atoms with Gasteiger partial charge in [0.2, 0.25) is 5.91 Å². The second kappa shape index (κ2) is 7.48. The number of rotatable bonds is 5. The second-order valence-electron chi connectivity index (χ2n) is 5.93. The van der Waals surface area contributed by atoms with Gasteiger partial charge in [-0.05, 0) is 25.2 Å². The maximum absolute atomic E-state index is 12.0. The second-order valence-corrected chi connectivity index (χ2v) is 5.93. The van der Waals surface area contributed by atoms with E-state index in [1.165, 1.54) is 0 Å². The van der Waals surface area contributed by atoms with Crippen molar-refractivity contribution in [2.75, 3.05) is 0 Å². The first kappa shape index (κ1) is 16.0. The summed E-state index contributed by atoms with van der Waals surface area (Å²) < 4.78 is 0. The molecule has 1 fully saturated rings. The minimum absolute atomic E-state index is 0.216. The van der Waals surface area contributed by atoms with Crippen LogP contribution in [0.5, 0.6) is 0 Å². The number of carboxylic acid groups (broad SMARTS) is 1. The molecular formula is C14H26N2O3. The first-order valence-corrected chi connectivity index (χ1v) is 7.20. The number of carbonyl (C=O) groups excluding carboxylic acids is 1. The first-order chi connectivity index (χ1) is 8.91. The van der Waals surface area contributed by atoms with Crippen LogP contribution in [0.4, 0.5) is 0 Å². The Labute approximate surface area is 114 Å². The molecule has 1 saturated carbocycles. The Morgan fingerprint density at radius 2 is 1.89 bits per heavy atom. The summed E-state index contributed by atoms with van der Waals surface area (Å²) in [7, 11) is 0. The van der Waals surface area contributed by atoms with Crippen LogP contribution in [0.15, 0.2) is 0 Å². The molecule has 1 aliphatic carbocycles. The first-order valence-electron chi connectivity index (χ1n) is 7.20. The van der Waals surface area contributed by atoms with E-state index in [1.807, 2.05) is 13.8 Å². The lowest BCUT2D eigenvalue weighted by Gasteiger charge is -2.25. The summed E-state index contributed by atoms with van der Waals surface area (Å²) in [5, 5.41) is 12.1. The van der Waals surface area contributed by atoms with Crippen LogP contribution in [-0.2, 0) is 9.59 Å². The summed E-state index contributed by atoms with van der Waals surface area (Å²) in [5.74, 6) is -1.15. The molecule has 0 aromatic rings. The summed E-state index contributed by atoms with van der Waals surface area (Å²) in [6.45, 7) is 4.03. The zero-order valence-electron chi connectivity index (χ0n) is 11.9. The van der Waals surface area contributed by atoms with Gasteiger partial charge in [-0.15, -0.1) is 0 Å². The average Bonchev–Trinajstić information content (AvgIpc) is 2.53. The van der Waals surface area contributed by atoms with Crippen LogP contribution in [0.2, 0.25) is 0 Å². The molecular weight excluding hydrogens is 244 g/mol. The minimum atomic E-state index is -0.815. The number of nitrogens with two attached hydrogens (primary N) is 1. The summed E-state index contributed by atoms with van der Waals surface area (Å²) >= 11 is 0. The molecule has 5 nitrogen and oxygen atoms in total. The molecule has 5 heteroatoms. The van der Waals surface area contributed by atoms with Crippen molar-refractivity contribution in [1.82, 2.24) is 5.32 Å². The molecule has 0 aromatic carbocycles. The number of aliphatic carboxylic acids is 1. The molecule has 0 saturated heterocycles. The molecule has 1 aliphatic rings. The van der Waals surface area contributed by atoms with E-state index in [2.05, 4.69) is 5.32 Å². The van der Waals surface area contributed by atoms with E-state index >= 15 is 0 Å². The molecule has 110 valence electrons. The van der Waals surface area contributed by atoms with Crippen molar-refractivity contribution < 1.29 is 14.7 Å². The van der Waals surface area contributed by atoms with Gasteiger partial charge in [0.15, 0.2) is 0 Å². The lowest BCUT2D eigenvalue weighted by Crippen LogP contribution is -2.49. The zero-order chi connectivity index (χ0) is 14.4. The lowest BCUT2D eigenvalue weighted by molar-refractivity contribution is -0.143. The van der Waals surface area contributed by atoms with Gasteiger partial charge >= 0.3 is 5.97 Å². The molecule has 0 aliphatic heterocycles. The average molecular weight is 270 g/mol. The monoisotopic (exact) mass is 270 g/mol. The third kappa shape index (κ3) is 5.19. The number of carbonyl (C=O) groups is 2. The van der Waals surface area contributed by atoms with Gasteiger partial charge in [-0.3, -0.25) is 9.59 Å². The molecule has 4 N–H and O–H groups in total. The van der Waals surface area contributed by atoms with Crippen molar-refractivity contribution in [2.45, 2.75) is 64.5 Å². The van der Waals surface area contributed by atoms with Crippen LogP contribution in [0.3, 0.4) is 0 Å². The molecule has 3 atom stereocenters. The Morgan fingerprint density at radius 3 is 2.47 bits per heavy atom. The van der Waals surface area contributed by atoms with Gasteiger partial charge in [0.25, 0.3) is 0 Å². The Balaban J connectivity index is 2.60. The number of hydrogen-bond acceptors (Lipinski definition) is 3. The van der Waals surface area contributed by atoms with Crippen LogP contribution in [0.1, 0.15) is 52.4 Å². The highest BCUT2D eigenvalue weighted by Gasteiger charge is 2.31. The lowest BCUT2D eigenvalue weighted by atomic mass is 9.94. The van der Waals surface area contributed by atoms with Crippen molar-refractivity contribution >= 4 is 11.9 Å². The summed E-state index contributed by atoms with van der Waals surface area (Å²) in [6.07, 6.45) is 4.91. The molecule has 0 spiro atoms.